The maximum absolute atomic E-state index is 5.83. The molecule has 1 fully saturated rings. The Morgan fingerprint density at radius 1 is 1.67 bits per heavy atom. The molecule has 1 aliphatic rings. The highest BCUT2D eigenvalue weighted by molar-refractivity contribution is 5.14. The van der Waals surface area contributed by atoms with Crippen molar-refractivity contribution in [3.63, 3.8) is 0 Å². The Bertz CT molecular complexity index is 264. The number of nitrogens with zero attached hydrogens (tertiary/aromatic N) is 2. The fourth-order valence-electron chi connectivity index (χ4n) is 1.49. The van der Waals surface area contributed by atoms with E-state index in [-0.39, 0.29) is 6.04 Å². The lowest BCUT2D eigenvalue weighted by atomic mass is 10.2. The van der Waals surface area contributed by atoms with E-state index in [0.29, 0.717) is 6.04 Å². The number of hydrogen-bond donors (Lipinski definition) is 1. The zero-order valence-electron chi connectivity index (χ0n) is 7.62. The van der Waals surface area contributed by atoms with Crippen molar-refractivity contribution in [1.82, 2.24) is 9.78 Å². The molecule has 1 aliphatic carbocycles. The van der Waals surface area contributed by atoms with E-state index in [2.05, 4.69) is 15.8 Å². The van der Waals surface area contributed by atoms with Gasteiger partial charge in [-0.25, -0.2) is 0 Å². The van der Waals surface area contributed by atoms with Crippen LogP contribution >= 0.6 is 0 Å². The van der Waals surface area contributed by atoms with Gasteiger partial charge in [0, 0.05) is 6.04 Å². The molecule has 1 saturated carbocycles. The Morgan fingerprint density at radius 2 is 2.33 bits per heavy atom. The van der Waals surface area contributed by atoms with Crippen LogP contribution in [0.25, 0.3) is 0 Å². The molecule has 2 N–H and O–H groups in total. The zero-order chi connectivity index (χ0) is 8.72. The molecular formula is C9H15N3. The minimum Gasteiger partial charge on any atom is -0.323 e. The molecule has 1 aromatic rings. The minimum atomic E-state index is 0.104. The van der Waals surface area contributed by atoms with Gasteiger partial charge in [0.2, 0.25) is 0 Å². The summed E-state index contributed by atoms with van der Waals surface area (Å²) in [5.41, 5.74) is 8.09. The second-order valence-electron chi connectivity index (χ2n) is 3.68. The Morgan fingerprint density at radius 3 is 2.83 bits per heavy atom. The first-order valence-corrected chi connectivity index (χ1v) is 4.50. The molecule has 0 bridgehead atoms. The van der Waals surface area contributed by atoms with E-state index in [0.717, 1.165) is 5.69 Å². The standard InChI is InChI=1S/C9H15N3/c1-6-5-9(7(2)10)12(11-6)8-3-4-8/h5,7-8H,3-4,10H2,1-2H3/t7-/m0/s1. The van der Waals surface area contributed by atoms with E-state index in [4.69, 9.17) is 5.73 Å². The summed E-state index contributed by atoms with van der Waals surface area (Å²) >= 11 is 0. The molecule has 2 rings (SSSR count). The fourth-order valence-corrected chi connectivity index (χ4v) is 1.49. The summed E-state index contributed by atoms with van der Waals surface area (Å²) in [6, 6.07) is 2.83. The van der Waals surface area contributed by atoms with E-state index in [1.54, 1.807) is 0 Å². The predicted molar refractivity (Wildman–Crippen MR) is 47.8 cm³/mol. The lowest BCUT2D eigenvalue weighted by Gasteiger charge is -2.07. The van der Waals surface area contributed by atoms with E-state index in [1.165, 1.54) is 18.5 Å². The second-order valence-corrected chi connectivity index (χ2v) is 3.68. The van der Waals surface area contributed by atoms with Crippen molar-refractivity contribution < 1.29 is 0 Å². The summed E-state index contributed by atoms with van der Waals surface area (Å²) in [6.07, 6.45) is 2.53. The minimum absolute atomic E-state index is 0.104. The van der Waals surface area contributed by atoms with Crippen LogP contribution in [0.1, 0.15) is 43.2 Å². The van der Waals surface area contributed by atoms with Crippen LogP contribution in [0.4, 0.5) is 0 Å². The molecule has 0 radical (unpaired) electrons. The lowest BCUT2D eigenvalue weighted by molar-refractivity contribution is 0.573. The summed E-state index contributed by atoms with van der Waals surface area (Å²) in [5.74, 6) is 0. The first-order valence-electron chi connectivity index (χ1n) is 4.50. The molecule has 12 heavy (non-hydrogen) atoms. The zero-order valence-corrected chi connectivity index (χ0v) is 7.62. The quantitative estimate of drug-likeness (QED) is 0.722. The third kappa shape index (κ3) is 1.25. The lowest BCUT2D eigenvalue weighted by Crippen LogP contribution is -2.12. The second kappa shape index (κ2) is 2.59. The highest BCUT2D eigenvalue weighted by Gasteiger charge is 2.27. The maximum Gasteiger partial charge on any atom is 0.0597 e. The van der Waals surface area contributed by atoms with Gasteiger partial charge in [-0.1, -0.05) is 0 Å². The summed E-state index contributed by atoms with van der Waals surface area (Å²) < 4.78 is 2.10. The van der Waals surface area contributed by atoms with Gasteiger partial charge in [0.05, 0.1) is 17.4 Å². The molecule has 0 saturated heterocycles. The van der Waals surface area contributed by atoms with Crippen molar-refractivity contribution in [2.75, 3.05) is 0 Å². The van der Waals surface area contributed by atoms with Gasteiger partial charge >= 0.3 is 0 Å². The third-order valence-electron chi connectivity index (χ3n) is 2.25. The van der Waals surface area contributed by atoms with Crippen molar-refractivity contribution in [1.29, 1.82) is 0 Å². The van der Waals surface area contributed by atoms with Gasteiger partial charge in [0.15, 0.2) is 0 Å². The van der Waals surface area contributed by atoms with Gasteiger partial charge in [0.25, 0.3) is 0 Å². The SMILES string of the molecule is Cc1cc([C@H](C)N)n(C2CC2)n1. The summed E-state index contributed by atoms with van der Waals surface area (Å²) in [5, 5.41) is 4.43. The number of nitrogens with two attached hydrogens (primary N) is 1. The molecule has 1 aromatic heterocycles. The molecular weight excluding hydrogens is 150 g/mol. The largest absolute Gasteiger partial charge is 0.323 e. The van der Waals surface area contributed by atoms with Gasteiger partial charge in [-0.15, -0.1) is 0 Å². The first-order chi connectivity index (χ1) is 5.68. The molecule has 3 nitrogen and oxygen atoms in total. The van der Waals surface area contributed by atoms with E-state index < -0.39 is 0 Å². The number of aryl methyl sites for hydroxylation is 1. The van der Waals surface area contributed by atoms with E-state index >= 15 is 0 Å². The topological polar surface area (TPSA) is 43.8 Å². The molecule has 1 atom stereocenters. The molecule has 0 aromatic carbocycles. The summed E-state index contributed by atoms with van der Waals surface area (Å²) in [7, 11) is 0. The van der Waals surface area contributed by atoms with Gasteiger partial charge in [0.1, 0.15) is 0 Å². The molecule has 0 spiro atoms. The van der Waals surface area contributed by atoms with Gasteiger partial charge in [-0.2, -0.15) is 5.10 Å². The van der Waals surface area contributed by atoms with Crippen LogP contribution in [-0.2, 0) is 0 Å². The average Bonchev–Trinajstić information content (AvgIpc) is 2.75. The third-order valence-corrected chi connectivity index (χ3v) is 2.25. The molecule has 3 heteroatoms. The first kappa shape index (κ1) is 7.80. The summed E-state index contributed by atoms with van der Waals surface area (Å²) in [6.45, 7) is 4.03. The normalized spacial score (nSPS) is 19.6. The van der Waals surface area contributed by atoms with Crippen LogP contribution in [0.5, 0.6) is 0 Å². The van der Waals surface area contributed by atoms with Crippen LogP contribution in [0.2, 0.25) is 0 Å². The number of hydrogen-bond acceptors (Lipinski definition) is 2. The van der Waals surface area contributed by atoms with Gasteiger partial charge in [-0.3, -0.25) is 4.68 Å². The molecule has 1 heterocycles. The Labute approximate surface area is 72.6 Å². The fraction of sp³-hybridized carbons (Fsp3) is 0.667. The van der Waals surface area contributed by atoms with Crippen LogP contribution in [0, 0.1) is 6.92 Å². The summed E-state index contributed by atoms with van der Waals surface area (Å²) in [4.78, 5) is 0. The highest BCUT2D eigenvalue weighted by atomic mass is 15.3. The van der Waals surface area contributed by atoms with Crippen LogP contribution < -0.4 is 5.73 Å². The Hall–Kier alpha value is -0.830. The molecule has 0 amide bonds. The maximum atomic E-state index is 5.83. The highest BCUT2D eigenvalue weighted by Crippen LogP contribution is 2.36. The Kier molecular flexibility index (Phi) is 1.68. The smallest absolute Gasteiger partial charge is 0.0597 e. The van der Waals surface area contributed by atoms with Gasteiger partial charge in [-0.05, 0) is 32.8 Å². The molecule has 0 unspecified atom stereocenters. The number of aromatic nitrogens is 2. The monoisotopic (exact) mass is 165 g/mol. The van der Waals surface area contributed by atoms with E-state index in [1.807, 2.05) is 13.8 Å². The number of rotatable bonds is 2. The predicted octanol–water partition coefficient (Wildman–Crippen LogP) is 1.55. The van der Waals surface area contributed by atoms with Crippen LogP contribution in [0.15, 0.2) is 6.07 Å². The van der Waals surface area contributed by atoms with Crippen LogP contribution in [-0.4, -0.2) is 9.78 Å². The molecule has 0 aliphatic heterocycles. The van der Waals surface area contributed by atoms with Gasteiger partial charge < -0.3 is 5.73 Å². The van der Waals surface area contributed by atoms with E-state index in [9.17, 15) is 0 Å². The van der Waals surface area contributed by atoms with Crippen molar-refractivity contribution >= 4 is 0 Å². The molecule has 66 valence electrons. The van der Waals surface area contributed by atoms with Crippen molar-refractivity contribution in [2.45, 2.75) is 38.8 Å². The van der Waals surface area contributed by atoms with Crippen molar-refractivity contribution in [2.24, 2.45) is 5.73 Å². The average molecular weight is 165 g/mol. The van der Waals surface area contributed by atoms with Crippen molar-refractivity contribution in [3.05, 3.63) is 17.5 Å². The van der Waals surface area contributed by atoms with Crippen molar-refractivity contribution in [3.8, 4) is 0 Å². The van der Waals surface area contributed by atoms with Crippen LogP contribution in [0.3, 0.4) is 0 Å². The Balaban J connectivity index is 2.36.